The van der Waals surface area contributed by atoms with Crippen LogP contribution in [0.3, 0.4) is 0 Å². The first-order valence-corrected chi connectivity index (χ1v) is 2.67. The van der Waals surface area contributed by atoms with E-state index in [2.05, 4.69) is 11.3 Å². The van der Waals surface area contributed by atoms with Gasteiger partial charge in [0.1, 0.15) is 0 Å². The zero-order valence-corrected chi connectivity index (χ0v) is 5.84. The van der Waals surface area contributed by atoms with Crippen LogP contribution in [0.25, 0.3) is 0 Å². The number of ether oxygens (including phenoxy) is 1. The molecule has 0 spiro atoms. The monoisotopic (exact) mass is 212 g/mol. The fourth-order valence-electron chi connectivity index (χ4n) is 0.409. The third-order valence-corrected chi connectivity index (χ3v) is 0.975. The number of rotatable bonds is 2. The van der Waals surface area contributed by atoms with Gasteiger partial charge in [-0.1, -0.05) is 6.58 Å². The molecule has 0 unspecified atom stereocenters. The van der Waals surface area contributed by atoms with E-state index in [1.165, 1.54) is 0 Å². The van der Waals surface area contributed by atoms with Crippen molar-refractivity contribution in [2.45, 2.75) is 18.2 Å². The first-order valence-electron chi connectivity index (χ1n) is 2.67. The molecule has 0 aromatic carbocycles. The highest BCUT2D eigenvalue weighted by molar-refractivity contribution is 4.87. The van der Waals surface area contributed by atoms with Gasteiger partial charge in [-0.15, -0.1) is 0 Å². The molecule has 0 rings (SSSR count). The first kappa shape index (κ1) is 12.0. The standard InChI is InChI=1S/C5H3F7O/c1-2-13-3(6,4(7,8)9)5(10,11)12/h2H,1H2. The van der Waals surface area contributed by atoms with Gasteiger partial charge in [0.15, 0.2) is 0 Å². The molecule has 8 heteroatoms. The molecular formula is C5H3F7O. The average Bonchev–Trinajstić information content (AvgIpc) is 1.82. The maximum atomic E-state index is 12.3. The molecule has 0 aliphatic heterocycles. The van der Waals surface area contributed by atoms with Crippen LogP contribution in [-0.4, -0.2) is 18.2 Å². The van der Waals surface area contributed by atoms with Gasteiger partial charge in [-0.25, -0.2) is 0 Å². The number of halogens is 7. The van der Waals surface area contributed by atoms with E-state index in [-0.39, 0.29) is 6.26 Å². The largest absolute Gasteiger partial charge is 0.470 e. The summed E-state index contributed by atoms with van der Waals surface area (Å²) in [5.41, 5.74) is 0. The molecule has 0 aromatic rings. The predicted molar refractivity (Wildman–Crippen MR) is 27.2 cm³/mol. The van der Waals surface area contributed by atoms with Crippen LogP contribution in [0.4, 0.5) is 30.7 Å². The summed E-state index contributed by atoms with van der Waals surface area (Å²) in [5.74, 6) is -5.69. The highest BCUT2D eigenvalue weighted by Gasteiger charge is 2.75. The summed E-state index contributed by atoms with van der Waals surface area (Å²) in [7, 11) is 0. The van der Waals surface area contributed by atoms with Crippen molar-refractivity contribution in [2.24, 2.45) is 0 Å². The molecule has 78 valence electrons. The molecule has 0 saturated heterocycles. The van der Waals surface area contributed by atoms with E-state index in [0.717, 1.165) is 0 Å². The molecule has 0 aliphatic rings. The predicted octanol–water partition coefficient (Wildman–Crippen LogP) is 2.94. The second-order valence-corrected chi connectivity index (χ2v) is 1.88. The summed E-state index contributed by atoms with van der Waals surface area (Å²) in [5, 5.41) is 0. The van der Waals surface area contributed by atoms with Crippen molar-refractivity contribution in [1.29, 1.82) is 0 Å². The first-order chi connectivity index (χ1) is 5.56. The van der Waals surface area contributed by atoms with E-state index in [9.17, 15) is 30.7 Å². The van der Waals surface area contributed by atoms with E-state index in [1.807, 2.05) is 0 Å². The molecule has 0 aromatic heterocycles. The SMILES string of the molecule is C=COC(F)(C(F)(F)F)C(F)(F)F. The summed E-state index contributed by atoms with van der Waals surface area (Å²) in [6.07, 6.45) is -12.7. The van der Waals surface area contributed by atoms with E-state index in [1.54, 1.807) is 0 Å². The lowest BCUT2D eigenvalue weighted by Crippen LogP contribution is -2.54. The molecule has 0 amide bonds. The second-order valence-electron chi connectivity index (χ2n) is 1.88. The third kappa shape index (κ3) is 2.04. The van der Waals surface area contributed by atoms with Crippen molar-refractivity contribution in [3.63, 3.8) is 0 Å². The molecule has 0 saturated carbocycles. The minimum atomic E-state index is -6.20. The summed E-state index contributed by atoms with van der Waals surface area (Å²) in [6.45, 7) is 2.41. The van der Waals surface area contributed by atoms with Crippen molar-refractivity contribution in [2.75, 3.05) is 0 Å². The van der Waals surface area contributed by atoms with Crippen molar-refractivity contribution < 1.29 is 35.5 Å². The van der Waals surface area contributed by atoms with Crippen LogP contribution in [0, 0.1) is 0 Å². The summed E-state index contributed by atoms with van der Waals surface area (Å²) in [4.78, 5) is 0. The molecular weight excluding hydrogens is 209 g/mol. The molecule has 0 heterocycles. The van der Waals surface area contributed by atoms with Gasteiger partial charge in [-0.2, -0.15) is 30.7 Å². The van der Waals surface area contributed by atoms with E-state index < -0.39 is 18.2 Å². The number of hydrogen-bond acceptors (Lipinski definition) is 1. The van der Waals surface area contributed by atoms with Gasteiger partial charge in [0.05, 0.1) is 6.26 Å². The van der Waals surface area contributed by atoms with Gasteiger partial charge in [0.25, 0.3) is 0 Å². The fraction of sp³-hybridized carbons (Fsp3) is 0.600. The lowest BCUT2D eigenvalue weighted by Gasteiger charge is -2.28. The Morgan fingerprint density at radius 1 is 0.846 bits per heavy atom. The Hall–Kier alpha value is -0.950. The molecule has 0 radical (unpaired) electrons. The van der Waals surface area contributed by atoms with Gasteiger partial charge in [0, 0.05) is 0 Å². The molecule has 0 atom stereocenters. The zero-order chi connectivity index (χ0) is 10.9. The minimum absolute atomic E-state index is 0.263. The smallest absolute Gasteiger partial charge is 0.452 e. The molecule has 1 nitrogen and oxygen atoms in total. The van der Waals surface area contributed by atoms with Crippen LogP contribution < -0.4 is 0 Å². The quantitative estimate of drug-likeness (QED) is 0.505. The molecule has 0 bridgehead atoms. The van der Waals surface area contributed by atoms with Crippen molar-refractivity contribution >= 4 is 0 Å². The Bertz CT molecular complexity index is 176. The summed E-state index contributed by atoms with van der Waals surface area (Å²) >= 11 is 0. The lowest BCUT2D eigenvalue weighted by molar-refractivity contribution is -0.417. The maximum absolute atomic E-state index is 12.3. The van der Waals surface area contributed by atoms with Crippen LogP contribution in [0.5, 0.6) is 0 Å². The van der Waals surface area contributed by atoms with Crippen molar-refractivity contribution in [3.8, 4) is 0 Å². The second kappa shape index (κ2) is 3.08. The van der Waals surface area contributed by atoms with Gasteiger partial charge < -0.3 is 4.74 Å². The van der Waals surface area contributed by atoms with Crippen LogP contribution >= 0.6 is 0 Å². The van der Waals surface area contributed by atoms with Gasteiger partial charge in [-0.05, 0) is 0 Å². The Kier molecular flexibility index (Phi) is 2.85. The maximum Gasteiger partial charge on any atom is 0.470 e. The molecule has 0 N–H and O–H groups in total. The van der Waals surface area contributed by atoms with E-state index in [4.69, 9.17) is 0 Å². The van der Waals surface area contributed by atoms with Gasteiger partial charge in [-0.3, -0.25) is 0 Å². The van der Waals surface area contributed by atoms with Crippen molar-refractivity contribution in [1.82, 2.24) is 0 Å². The Balaban J connectivity index is 5.07. The molecule has 0 aliphatic carbocycles. The Labute approximate surface area is 67.8 Å². The number of hydrogen-bond donors (Lipinski definition) is 0. The van der Waals surface area contributed by atoms with Crippen molar-refractivity contribution in [3.05, 3.63) is 12.8 Å². The Morgan fingerprint density at radius 3 is 1.23 bits per heavy atom. The lowest BCUT2D eigenvalue weighted by atomic mass is 10.3. The molecule has 13 heavy (non-hydrogen) atoms. The topological polar surface area (TPSA) is 9.23 Å². The fourth-order valence-corrected chi connectivity index (χ4v) is 0.409. The van der Waals surface area contributed by atoms with Crippen LogP contribution in [0.1, 0.15) is 0 Å². The van der Waals surface area contributed by atoms with E-state index >= 15 is 0 Å². The van der Waals surface area contributed by atoms with Crippen LogP contribution in [0.2, 0.25) is 0 Å². The summed E-state index contributed by atoms with van der Waals surface area (Å²) < 4.78 is 84.2. The minimum Gasteiger partial charge on any atom is -0.452 e. The third-order valence-electron chi connectivity index (χ3n) is 0.975. The van der Waals surface area contributed by atoms with Gasteiger partial charge in [0.2, 0.25) is 0 Å². The van der Waals surface area contributed by atoms with Crippen LogP contribution in [-0.2, 0) is 4.74 Å². The van der Waals surface area contributed by atoms with Crippen LogP contribution in [0.15, 0.2) is 12.8 Å². The highest BCUT2D eigenvalue weighted by Crippen LogP contribution is 2.46. The van der Waals surface area contributed by atoms with E-state index in [0.29, 0.717) is 0 Å². The zero-order valence-electron chi connectivity index (χ0n) is 5.84. The number of alkyl halides is 7. The van der Waals surface area contributed by atoms with Gasteiger partial charge >= 0.3 is 18.2 Å². The normalized spacial score (nSPS) is 14.1. The average molecular weight is 212 g/mol. The molecule has 0 fully saturated rings. The highest BCUT2D eigenvalue weighted by atomic mass is 19.4. The summed E-state index contributed by atoms with van der Waals surface area (Å²) in [6, 6.07) is 0. The Morgan fingerprint density at radius 2 is 1.15 bits per heavy atom.